The Bertz CT molecular complexity index is 593. The molecule has 0 radical (unpaired) electrons. The number of hydrogen-bond donors (Lipinski definition) is 3. The molecule has 1 aliphatic rings. The SMILES string of the molecule is COC1(CNc2nc(N)c3[nH]cnc3n2)CCOCC1. The number of ether oxygens (including phenoxy) is 2. The summed E-state index contributed by atoms with van der Waals surface area (Å²) in [6, 6.07) is 0. The molecule has 0 aromatic carbocycles. The molecule has 2 aromatic rings. The number of anilines is 2. The van der Waals surface area contributed by atoms with Crippen LogP contribution in [0.4, 0.5) is 11.8 Å². The number of nitrogen functional groups attached to an aromatic ring is 1. The van der Waals surface area contributed by atoms with Gasteiger partial charge in [-0.2, -0.15) is 9.97 Å². The molecule has 0 bridgehead atoms. The Morgan fingerprint density at radius 3 is 3.00 bits per heavy atom. The molecule has 0 saturated carbocycles. The smallest absolute Gasteiger partial charge is 0.226 e. The van der Waals surface area contributed by atoms with Crippen molar-refractivity contribution in [2.75, 3.05) is 37.9 Å². The summed E-state index contributed by atoms with van der Waals surface area (Å²) in [4.78, 5) is 15.5. The van der Waals surface area contributed by atoms with Crippen LogP contribution in [0.25, 0.3) is 11.2 Å². The zero-order valence-corrected chi connectivity index (χ0v) is 11.3. The van der Waals surface area contributed by atoms with E-state index in [1.807, 2.05) is 0 Å². The average molecular weight is 278 g/mol. The fourth-order valence-electron chi connectivity index (χ4n) is 2.37. The molecule has 3 heterocycles. The molecule has 1 saturated heterocycles. The number of rotatable bonds is 4. The van der Waals surface area contributed by atoms with Crippen LogP contribution >= 0.6 is 0 Å². The first-order chi connectivity index (χ1) is 9.72. The minimum Gasteiger partial charge on any atom is -0.382 e. The van der Waals surface area contributed by atoms with Gasteiger partial charge in [0.05, 0.1) is 11.9 Å². The van der Waals surface area contributed by atoms with E-state index in [1.54, 1.807) is 13.4 Å². The van der Waals surface area contributed by atoms with Crippen LogP contribution in [0.1, 0.15) is 12.8 Å². The maximum absolute atomic E-state index is 5.86. The summed E-state index contributed by atoms with van der Waals surface area (Å²) in [6.45, 7) is 2.02. The Morgan fingerprint density at radius 2 is 2.25 bits per heavy atom. The Balaban J connectivity index is 1.75. The molecule has 1 aliphatic heterocycles. The highest BCUT2D eigenvalue weighted by atomic mass is 16.5. The lowest BCUT2D eigenvalue weighted by Gasteiger charge is -2.35. The fraction of sp³-hybridized carbons (Fsp3) is 0.583. The number of H-pyrrole nitrogens is 1. The first-order valence-corrected chi connectivity index (χ1v) is 6.56. The molecule has 3 rings (SSSR count). The van der Waals surface area contributed by atoms with Gasteiger partial charge in [0.2, 0.25) is 5.95 Å². The third kappa shape index (κ3) is 2.39. The quantitative estimate of drug-likeness (QED) is 0.748. The highest BCUT2D eigenvalue weighted by molar-refractivity contribution is 5.82. The second-order valence-corrected chi connectivity index (χ2v) is 4.89. The van der Waals surface area contributed by atoms with E-state index < -0.39 is 0 Å². The number of fused-ring (bicyclic) bond motifs is 1. The highest BCUT2D eigenvalue weighted by Crippen LogP contribution is 2.25. The summed E-state index contributed by atoms with van der Waals surface area (Å²) in [5.74, 6) is 0.846. The number of imidazole rings is 1. The van der Waals surface area contributed by atoms with Gasteiger partial charge in [0.1, 0.15) is 5.52 Å². The Morgan fingerprint density at radius 1 is 1.45 bits per heavy atom. The summed E-state index contributed by atoms with van der Waals surface area (Å²) in [5, 5.41) is 3.19. The maximum atomic E-state index is 5.86. The molecule has 4 N–H and O–H groups in total. The second kappa shape index (κ2) is 5.22. The summed E-state index contributed by atoms with van der Waals surface area (Å²) in [7, 11) is 1.72. The Labute approximate surface area is 116 Å². The fourth-order valence-corrected chi connectivity index (χ4v) is 2.37. The minimum atomic E-state index is -0.239. The molecule has 20 heavy (non-hydrogen) atoms. The predicted octanol–water partition coefficient (Wildman–Crippen LogP) is 0.543. The van der Waals surface area contributed by atoms with Gasteiger partial charge in [-0.05, 0) is 0 Å². The first kappa shape index (κ1) is 13.1. The predicted molar refractivity (Wildman–Crippen MR) is 74.4 cm³/mol. The zero-order chi connectivity index (χ0) is 14.0. The van der Waals surface area contributed by atoms with E-state index in [-0.39, 0.29) is 5.60 Å². The number of nitrogens with two attached hydrogens (primary N) is 1. The number of nitrogens with one attached hydrogen (secondary N) is 2. The molecule has 8 nitrogen and oxygen atoms in total. The monoisotopic (exact) mass is 278 g/mol. The molecule has 0 aliphatic carbocycles. The topological polar surface area (TPSA) is 111 Å². The van der Waals surface area contributed by atoms with Gasteiger partial charge in [0, 0.05) is 39.7 Å². The van der Waals surface area contributed by atoms with E-state index in [2.05, 4.69) is 25.3 Å². The average Bonchev–Trinajstić information content (AvgIpc) is 2.95. The number of hydrogen-bond acceptors (Lipinski definition) is 7. The zero-order valence-electron chi connectivity index (χ0n) is 11.3. The normalized spacial score (nSPS) is 18.2. The summed E-state index contributed by atoms with van der Waals surface area (Å²) in [5.41, 5.74) is 6.83. The van der Waals surface area contributed by atoms with Crippen LogP contribution in [0.3, 0.4) is 0 Å². The van der Waals surface area contributed by atoms with Crippen LogP contribution in [-0.2, 0) is 9.47 Å². The molecule has 0 unspecified atom stereocenters. The molecule has 108 valence electrons. The van der Waals surface area contributed by atoms with E-state index in [0.717, 1.165) is 12.8 Å². The van der Waals surface area contributed by atoms with Gasteiger partial charge in [0.15, 0.2) is 11.5 Å². The Hall–Kier alpha value is -1.93. The molecular formula is C12H18N6O2. The van der Waals surface area contributed by atoms with Crippen molar-refractivity contribution in [3.8, 4) is 0 Å². The first-order valence-electron chi connectivity index (χ1n) is 6.56. The van der Waals surface area contributed by atoms with Crippen molar-refractivity contribution in [1.82, 2.24) is 19.9 Å². The number of aromatic nitrogens is 4. The van der Waals surface area contributed by atoms with Gasteiger partial charge in [-0.25, -0.2) is 4.98 Å². The lowest BCUT2D eigenvalue weighted by atomic mass is 9.94. The number of aromatic amines is 1. The molecule has 2 aromatic heterocycles. The van der Waals surface area contributed by atoms with Gasteiger partial charge >= 0.3 is 0 Å². The molecule has 0 spiro atoms. The third-order valence-electron chi connectivity index (χ3n) is 3.72. The molecule has 0 amide bonds. The molecule has 0 atom stereocenters. The molecule has 8 heteroatoms. The van der Waals surface area contributed by atoms with Gasteiger partial charge in [-0.3, -0.25) is 0 Å². The van der Waals surface area contributed by atoms with Crippen molar-refractivity contribution < 1.29 is 9.47 Å². The highest BCUT2D eigenvalue weighted by Gasteiger charge is 2.32. The Kier molecular flexibility index (Phi) is 3.41. The lowest BCUT2D eigenvalue weighted by Crippen LogP contribution is -2.44. The summed E-state index contributed by atoms with van der Waals surface area (Å²) in [6.07, 6.45) is 3.24. The maximum Gasteiger partial charge on any atom is 0.226 e. The van der Waals surface area contributed by atoms with Crippen LogP contribution in [0.15, 0.2) is 6.33 Å². The van der Waals surface area contributed by atoms with E-state index in [1.165, 1.54) is 0 Å². The van der Waals surface area contributed by atoms with Crippen molar-refractivity contribution >= 4 is 22.9 Å². The number of methoxy groups -OCH3 is 1. The molecule has 1 fully saturated rings. The van der Waals surface area contributed by atoms with Gasteiger partial charge < -0.3 is 25.5 Å². The summed E-state index contributed by atoms with van der Waals surface area (Å²) < 4.78 is 11.0. The second-order valence-electron chi connectivity index (χ2n) is 4.89. The van der Waals surface area contributed by atoms with Crippen LogP contribution in [-0.4, -0.2) is 52.4 Å². The lowest BCUT2D eigenvalue weighted by molar-refractivity contribution is -0.0807. The van der Waals surface area contributed by atoms with E-state index in [9.17, 15) is 0 Å². The van der Waals surface area contributed by atoms with Crippen LogP contribution in [0.2, 0.25) is 0 Å². The standard InChI is InChI=1S/C12H18N6O2/c1-19-12(2-4-20-5-3-12)6-14-11-17-9(13)8-10(18-11)16-7-15-8/h7H,2-6H2,1H3,(H4,13,14,15,16,17,18). The van der Waals surface area contributed by atoms with E-state index >= 15 is 0 Å². The minimum absolute atomic E-state index is 0.239. The van der Waals surface area contributed by atoms with Gasteiger partial charge in [0.25, 0.3) is 0 Å². The van der Waals surface area contributed by atoms with Crippen molar-refractivity contribution in [2.24, 2.45) is 0 Å². The van der Waals surface area contributed by atoms with E-state index in [0.29, 0.717) is 42.7 Å². The molecular weight excluding hydrogens is 260 g/mol. The van der Waals surface area contributed by atoms with Crippen molar-refractivity contribution in [1.29, 1.82) is 0 Å². The summed E-state index contributed by atoms with van der Waals surface area (Å²) >= 11 is 0. The van der Waals surface area contributed by atoms with Crippen molar-refractivity contribution in [2.45, 2.75) is 18.4 Å². The van der Waals surface area contributed by atoms with Crippen LogP contribution < -0.4 is 11.1 Å². The third-order valence-corrected chi connectivity index (χ3v) is 3.72. The van der Waals surface area contributed by atoms with Crippen molar-refractivity contribution in [3.05, 3.63) is 6.33 Å². The van der Waals surface area contributed by atoms with Crippen molar-refractivity contribution in [3.63, 3.8) is 0 Å². The van der Waals surface area contributed by atoms with E-state index in [4.69, 9.17) is 15.2 Å². The van der Waals surface area contributed by atoms with Gasteiger partial charge in [-0.15, -0.1) is 0 Å². The van der Waals surface area contributed by atoms with Crippen LogP contribution in [0.5, 0.6) is 0 Å². The van der Waals surface area contributed by atoms with Gasteiger partial charge in [-0.1, -0.05) is 0 Å². The van der Waals surface area contributed by atoms with Crippen LogP contribution in [0, 0.1) is 0 Å². The largest absolute Gasteiger partial charge is 0.382 e. The number of nitrogens with zero attached hydrogens (tertiary/aromatic N) is 3.